The van der Waals surface area contributed by atoms with Crippen molar-refractivity contribution in [3.63, 3.8) is 0 Å². The normalized spacial score (nSPS) is 22.9. The van der Waals surface area contributed by atoms with Crippen LogP contribution in [0.2, 0.25) is 0 Å². The van der Waals surface area contributed by atoms with Crippen LogP contribution in [-0.2, 0) is 23.9 Å². The van der Waals surface area contributed by atoms with Gasteiger partial charge in [-0.25, -0.2) is 0 Å². The summed E-state index contributed by atoms with van der Waals surface area (Å²) in [6.07, 6.45) is 1.96. The van der Waals surface area contributed by atoms with E-state index in [-0.39, 0.29) is 0 Å². The molecule has 2 fully saturated rings. The molecule has 2 aliphatic heterocycles. The number of hydroxylamine groups is 4. The number of hydrogen-bond donors (Lipinski definition) is 0. The molecule has 0 aliphatic carbocycles. The predicted octanol–water partition coefficient (Wildman–Crippen LogP) is 0.311. The highest BCUT2D eigenvalue weighted by Crippen LogP contribution is 2.00. The lowest BCUT2D eigenvalue weighted by Crippen LogP contribution is -2.28. The van der Waals surface area contributed by atoms with Gasteiger partial charge in [-0.1, -0.05) is 0 Å². The number of ether oxygens (including phenoxy) is 3. The Hall–Kier alpha value is -0.280. The Balaban J connectivity index is 1.39. The van der Waals surface area contributed by atoms with Crippen LogP contribution in [0.5, 0.6) is 0 Å². The second kappa shape index (κ2) is 11.3. The maximum atomic E-state index is 5.65. The van der Waals surface area contributed by atoms with Crippen molar-refractivity contribution >= 4 is 0 Å². The first-order valence-corrected chi connectivity index (χ1v) is 7.94. The minimum absolute atomic E-state index is 0.653. The van der Waals surface area contributed by atoms with E-state index in [4.69, 9.17) is 23.9 Å². The lowest BCUT2D eigenvalue weighted by molar-refractivity contribution is -0.152. The van der Waals surface area contributed by atoms with Gasteiger partial charge in [0.1, 0.15) is 0 Å². The van der Waals surface area contributed by atoms with Crippen molar-refractivity contribution in [3.05, 3.63) is 0 Å². The fraction of sp³-hybridized carbons (Fsp3) is 1.00. The zero-order valence-electron chi connectivity index (χ0n) is 12.8. The van der Waals surface area contributed by atoms with Crippen LogP contribution in [0.15, 0.2) is 0 Å². The van der Waals surface area contributed by atoms with Gasteiger partial charge in [-0.2, -0.15) is 10.1 Å². The summed E-state index contributed by atoms with van der Waals surface area (Å²) in [6, 6.07) is 0. The lowest BCUT2D eigenvalue weighted by Gasteiger charge is -2.19. The Kier molecular flexibility index (Phi) is 9.20. The first-order chi connectivity index (χ1) is 10.4. The van der Waals surface area contributed by atoms with Crippen LogP contribution in [0.3, 0.4) is 0 Å². The smallest absolute Gasteiger partial charge is 0.0918 e. The first-order valence-electron chi connectivity index (χ1n) is 7.94. The molecule has 2 rings (SSSR count). The summed E-state index contributed by atoms with van der Waals surface area (Å²) in [5.41, 5.74) is 0. The molecule has 7 heteroatoms. The Labute approximate surface area is 126 Å². The topological polar surface area (TPSA) is 52.6 Å². The van der Waals surface area contributed by atoms with Crippen molar-refractivity contribution in [2.24, 2.45) is 0 Å². The van der Waals surface area contributed by atoms with Crippen molar-refractivity contribution in [2.75, 3.05) is 79.0 Å². The quantitative estimate of drug-likeness (QED) is 0.598. The molecule has 0 unspecified atom stereocenters. The van der Waals surface area contributed by atoms with Crippen LogP contribution in [0.1, 0.15) is 12.8 Å². The van der Waals surface area contributed by atoms with Gasteiger partial charge in [0.2, 0.25) is 0 Å². The zero-order valence-corrected chi connectivity index (χ0v) is 12.8. The summed E-state index contributed by atoms with van der Waals surface area (Å²) in [5.74, 6) is 0. The van der Waals surface area contributed by atoms with Crippen molar-refractivity contribution in [2.45, 2.75) is 12.8 Å². The number of nitrogens with zero attached hydrogens (tertiary/aromatic N) is 2. The average molecular weight is 304 g/mol. The molecule has 0 bridgehead atoms. The van der Waals surface area contributed by atoms with Crippen LogP contribution in [0.4, 0.5) is 0 Å². The third kappa shape index (κ3) is 8.06. The van der Waals surface area contributed by atoms with E-state index >= 15 is 0 Å². The second-order valence-corrected chi connectivity index (χ2v) is 5.07. The van der Waals surface area contributed by atoms with E-state index in [1.54, 1.807) is 0 Å². The van der Waals surface area contributed by atoms with E-state index in [1.165, 1.54) is 0 Å². The average Bonchev–Trinajstić information content (AvgIpc) is 2.91. The van der Waals surface area contributed by atoms with Crippen molar-refractivity contribution in [3.8, 4) is 0 Å². The molecule has 0 aromatic heterocycles. The van der Waals surface area contributed by atoms with E-state index in [0.29, 0.717) is 26.4 Å². The monoisotopic (exact) mass is 304 g/mol. The molecule has 0 radical (unpaired) electrons. The molecule has 0 amide bonds. The van der Waals surface area contributed by atoms with E-state index in [0.717, 1.165) is 65.4 Å². The van der Waals surface area contributed by atoms with Crippen LogP contribution in [0, 0.1) is 0 Å². The molecule has 2 saturated heterocycles. The molecule has 0 spiro atoms. The van der Waals surface area contributed by atoms with Gasteiger partial charge in [0.25, 0.3) is 0 Å². The fourth-order valence-electron chi connectivity index (χ4n) is 2.26. The van der Waals surface area contributed by atoms with Gasteiger partial charge in [-0.15, -0.1) is 0 Å². The Bertz CT molecular complexity index is 218. The van der Waals surface area contributed by atoms with Crippen LogP contribution in [0.25, 0.3) is 0 Å². The van der Waals surface area contributed by atoms with Gasteiger partial charge in [0.15, 0.2) is 0 Å². The summed E-state index contributed by atoms with van der Waals surface area (Å²) in [5, 5.41) is 3.95. The number of hydrogen-bond acceptors (Lipinski definition) is 7. The Morgan fingerprint density at radius 1 is 0.667 bits per heavy atom. The minimum atomic E-state index is 0.653. The lowest BCUT2D eigenvalue weighted by atomic mass is 10.4. The van der Waals surface area contributed by atoms with E-state index in [2.05, 4.69) is 0 Å². The van der Waals surface area contributed by atoms with Crippen molar-refractivity contribution < 1.29 is 23.9 Å². The Morgan fingerprint density at radius 3 is 1.71 bits per heavy atom. The second-order valence-electron chi connectivity index (χ2n) is 5.07. The van der Waals surface area contributed by atoms with Gasteiger partial charge >= 0.3 is 0 Å². The van der Waals surface area contributed by atoms with Gasteiger partial charge in [0.05, 0.1) is 39.6 Å². The van der Waals surface area contributed by atoms with E-state index < -0.39 is 0 Å². The molecule has 7 nitrogen and oxygen atoms in total. The fourth-order valence-corrected chi connectivity index (χ4v) is 2.26. The largest absolute Gasteiger partial charge is 0.381 e. The number of rotatable bonds is 8. The highest BCUT2D eigenvalue weighted by molar-refractivity contribution is 4.52. The zero-order chi connectivity index (χ0) is 14.6. The molecule has 0 saturated carbocycles. The summed E-state index contributed by atoms with van der Waals surface area (Å²) < 4.78 is 16.3. The van der Waals surface area contributed by atoms with Gasteiger partial charge in [-0.05, 0) is 12.8 Å². The third-order valence-electron chi connectivity index (χ3n) is 3.37. The summed E-state index contributed by atoms with van der Waals surface area (Å²) in [6.45, 7) is 9.21. The molecular formula is C14H28N2O5. The molecule has 124 valence electrons. The third-order valence-corrected chi connectivity index (χ3v) is 3.37. The highest BCUT2D eigenvalue weighted by Gasteiger charge is 2.10. The van der Waals surface area contributed by atoms with Crippen LogP contribution < -0.4 is 0 Å². The van der Waals surface area contributed by atoms with Crippen molar-refractivity contribution in [1.82, 2.24) is 10.1 Å². The summed E-state index contributed by atoms with van der Waals surface area (Å²) in [7, 11) is 0. The summed E-state index contributed by atoms with van der Waals surface area (Å²) in [4.78, 5) is 11.1. The minimum Gasteiger partial charge on any atom is -0.381 e. The van der Waals surface area contributed by atoms with Gasteiger partial charge in [-0.3, -0.25) is 9.68 Å². The molecule has 2 aliphatic rings. The maximum Gasteiger partial charge on any atom is 0.0918 e. The Morgan fingerprint density at radius 2 is 1.19 bits per heavy atom. The molecule has 0 aromatic carbocycles. The van der Waals surface area contributed by atoms with Crippen molar-refractivity contribution in [1.29, 1.82) is 0 Å². The molecule has 0 atom stereocenters. The van der Waals surface area contributed by atoms with E-state index in [1.807, 2.05) is 10.1 Å². The molecule has 2 heterocycles. The molecule has 0 N–H and O–H groups in total. The van der Waals surface area contributed by atoms with Crippen LogP contribution >= 0.6 is 0 Å². The first kappa shape index (κ1) is 17.1. The maximum absolute atomic E-state index is 5.65. The molecule has 0 aromatic rings. The summed E-state index contributed by atoms with van der Waals surface area (Å²) >= 11 is 0. The highest BCUT2D eigenvalue weighted by atomic mass is 16.7. The standard InChI is InChI=1S/C14H28N2O5/c1(3-15-5-9-18-11-13-20-15)7-17-8-2-4-16-6-10-19-12-14-21-16/h1-14H2. The molecular weight excluding hydrogens is 276 g/mol. The van der Waals surface area contributed by atoms with Gasteiger partial charge in [0, 0.05) is 39.4 Å². The SMILES string of the molecule is C(COCCCN1CCOCCO1)CN1CCOCCO1. The van der Waals surface area contributed by atoms with Crippen LogP contribution in [-0.4, -0.2) is 89.2 Å². The van der Waals surface area contributed by atoms with Gasteiger partial charge < -0.3 is 14.2 Å². The van der Waals surface area contributed by atoms with E-state index in [9.17, 15) is 0 Å². The predicted molar refractivity (Wildman–Crippen MR) is 76.7 cm³/mol. The molecule has 21 heavy (non-hydrogen) atoms.